The average molecular weight is 304 g/mol. The van der Waals surface area contributed by atoms with E-state index in [1.807, 2.05) is 6.26 Å². The minimum absolute atomic E-state index is 0.115. The topological polar surface area (TPSA) is 66.4 Å². The fourth-order valence-electron chi connectivity index (χ4n) is 1.07. The largest absolute Gasteiger partial charge is 0.478 e. The van der Waals surface area contributed by atoms with Crippen LogP contribution in [-0.2, 0) is 4.79 Å². The third-order valence-electron chi connectivity index (χ3n) is 1.77. The van der Waals surface area contributed by atoms with Gasteiger partial charge in [0.05, 0.1) is 17.0 Å². The molecule has 0 spiro atoms. The predicted molar refractivity (Wildman–Crippen MR) is 68.1 cm³/mol. The monoisotopic (exact) mass is 303 g/mol. The Bertz CT molecular complexity index is 423. The molecule has 0 saturated heterocycles. The Morgan fingerprint density at radius 1 is 1.50 bits per heavy atom. The summed E-state index contributed by atoms with van der Waals surface area (Å²) in [6.45, 7) is 0. The molecule has 0 aromatic heterocycles. The number of thioether (sulfide) groups is 1. The van der Waals surface area contributed by atoms with Crippen molar-refractivity contribution in [3.8, 4) is 0 Å². The first-order valence-electron chi connectivity index (χ1n) is 4.36. The highest BCUT2D eigenvalue weighted by molar-refractivity contribution is 9.10. The molecular weight excluding hydrogens is 294 g/mol. The molecule has 0 atom stereocenters. The van der Waals surface area contributed by atoms with Crippen LogP contribution in [0.3, 0.4) is 0 Å². The Morgan fingerprint density at radius 3 is 2.69 bits per heavy atom. The highest BCUT2D eigenvalue weighted by atomic mass is 79.9. The zero-order valence-corrected chi connectivity index (χ0v) is 10.9. The Hall–Kier alpha value is -1.01. The molecule has 0 bridgehead atoms. The van der Waals surface area contributed by atoms with Gasteiger partial charge in [-0.05, 0) is 40.4 Å². The number of rotatable bonds is 4. The van der Waals surface area contributed by atoms with Crippen LogP contribution in [0.25, 0.3) is 0 Å². The number of halogens is 1. The maximum atomic E-state index is 11.3. The Kier molecular flexibility index (Phi) is 4.82. The first-order chi connectivity index (χ1) is 7.54. The molecule has 1 rings (SSSR count). The molecule has 4 nitrogen and oxygen atoms in total. The number of carboxylic acids is 1. The standard InChI is InChI=1S/C10H10BrNO3S/c1-16-5-9(13)12-8-3-2-6(10(14)15)4-7(8)11/h2-4H,5H2,1H3,(H,12,13)(H,14,15). The summed E-state index contributed by atoms with van der Waals surface area (Å²) < 4.78 is 0.557. The molecule has 2 N–H and O–H groups in total. The molecule has 1 aromatic rings. The molecule has 6 heteroatoms. The van der Waals surface area contributed by atoms with Crippen LogP contribution in [0.1, 0.15) is 10.4 Å². The van der Waals surface area contributed by atoms with E-state index in [-0.39, 0.29) is 11.5 Å². The van der Waals surface area contributed by atoms with E-state index in [4.69, 9.17) is 5.11 Å². The molecule has 0 aliphatic carbocycles. The third kappa shape index (κ3) is 3.53. The van der Waals surface area contributed by atoms with Gasteiger partial charge in [0.25, 0.3) is 0 Å². The van der Waals surface area contributed by atoms with Crippen molar-refractivity contribution in [3.63, 3.8) is 0 Å². The molecule has 0 radical (unpaired) electrons. The van der Waals surface area contributed by atoms with Crippen LogP contribution in [0.2, 0.25) is 0 Å². The molecule has 86 valence electrons. The van der Waals surface area contributed by atoms with E-state index in [1.165, 1.54) is 23.9 Å². The number of benzene rings is 1. The van der Waals surface area contributed by atoms with Gasteiger partial charge in [0, 0.05) is 4.47 Å². The molecule has 0 heterocycles. The number of hydrogen-bond acceptors (Lipinski definition) is 3. The summed E-state index contributed by atoms with van der Waals surface area (Å²) in [5, 5.41) is 11.4. The molecule has 0 saturated carbocycles. The zero-order chi connectivity index (χ0) is 12.1. The summed E-state index contributed by atoms with van der Waals surface area (Å²) >= 11 is 4.63. The predicted octanol–water partition coefficient (Wildman–Crippen LogP) is 2.45. The molecule has 1 aromatic carbocycles. The van der Waals surface area contributed by atoms with Crippen molar-refractivity contribution < 1.29 is 14.7 Å². The van der Waals surface area contributed by atoms with Crippen molar-refractivity contribution in [2.75, 3.05) is 17.3 Å². The van der Waals surface area contributed by atoms with E-state index in [2.05, 4.69) is 21.2 Å². The summed E-state index contributed by atoms with van der Waals surface area (Å²) in [5.41, 5.74) is 0.749. The Labute approximate surface area is 106 Å². The Morgan fingerprint density at radius 2 is 2.19 bits per heavy atom. The molecule has 1 amide bonds. The molecule has 0 unspecified atom stereocenters. The minimum Gasteiger partial charge on any atom is -0.478 e. The SMILES string of the molecule is CSCC(=O)Nc1ccc(C(=O)O)cc1Br. The van der Waals surface area contributed by atoms with Crippen LogP contribution in [0, 0.1) is 0 Å². The third-order valence-corrected chi connectivity index (χ3v) is 2.97. The highest BCUT2D eigenvalue weighted by Crippen LogP contribution is 2.23. The van der Waals surface area contributed by atoms with Crippen LogP contribution in [-0.4, -0.2) is 29.0 Å². The van der Waals surface area contributed by atoms with Crippen LogP contribution >= 0.6 is 27.7 Å². The number of anilines is 1. The van der Waals surface area contributed by atoms with Crippen molar-refractivity contribution in [2.24, 2.45) is 0 Å². The van der Waals surface area contributed by atoms with Crippen LogP contribution in [0.4, 0.5) is 5.69 Å². The molecule has 0 fully saturated rings. The second kappa shape index (κ2) is 5.91. The summed E-state index contributed by atoms with van der Waals surface area (Å²) in [5.74, 6) is -0.744. The molecule has 16 heavy (non-hydrogen) atoms. The summed E-state index contributed by atoms with van der Waals surface area (Å²) in [7, 11) is 0. The maximum Gasteiger partial charge on any atom is 0.335 e. The van der Waals surface area contributed by atoms with E-state index >= 15 is 0 Å². The van der Waals surface area contributed by atoms with Crippen LogP contribution < -0.4 is 5.32 Å². The van der Waals surface area contributed by atoms with Crippen LogP contribution in [0.5, 0.6) is 0 Å². The van der Waals surface area contributed by atoms with Gasteiger partial charge in [0.2, 0.25) is 5.91 Å². The zero-order valence-electron chi connectivity index (χ0n) is 8.49. The van der Waals surface area contributed by atoms with Gasteiger partial charge in [-0.3, -0.25) is 4.79 Å². The van der Waals surface area contributed by atoms with Crippen molar-refractivity contribution >= 4 is 45.3 Å². The first-order valence-corrected chi connectivity index (χ1v) is 6.55. The molecule has 0 aliphatic rings. The molecular formula is C10H10BrNO3S. The van der Waals surface area contributed by atoms with E-state index in [9.17, 15) is 9.59 Å². The van der Waals surface area contributed by atoms with Gasteiger partial charge in [0.15, 0.2) is 0 Å². The van der Waals surface area contributed by atoms with E-state index in [0.29, 0.717) is 15.9 Å². The maximum absolute atomic E-state index is 11.3. The van der Waals surface area contributed by atoms with Gasteiger partial charge in [0.1, 0.15) is 0 Å². The van der Waals surface area contributed by atoms with E-state index in [1.54, 1.807) is 6.07 Å². The summed E-state index contributed by atoms with van der Waals surface area (Å²) in [6.07, 6.45) is 1.84. The second-order valence-electron chi connectivity index (χ2n) is 2.98. The Balaban J connectivity index is 2.83. The number of hydrogen-bond donors (Lipinski definition) is 2. The van der Waals surface area contributed by atoms with Crippen molar-refractivity contribution in [2.45, 2.75) is 0 Å². The van der Waals surface area contributed by atoms with Gasteiger partial charge >= 0.3 is 5.97 Å². The van der Waals surface area contributed by atoms with Crippen molar-refractivity contribution in [1.82, 2.24) is 0 Å². The fraction of sp³-hybridized carbons (Fsp3) is 0.200. The highest BCUT2D eigenvalue weighted by Gasteiger charge is 2.08. The van der Waals surface area contributed by atoms with Gasteiger partial charge in [-0.25, -0.2) is 4.79 Å². The number of carboxylic acid groups (broad SMARTS) is 1. The normalized spacial score (nSPS) is 9.88. The number of nitrogens with one attached hydrogen (secondary N) is 1. The fourth-order valence-corrected chi connectivity index (χ4v) is 1.88. The lowest BCUT2D eigenvalue weighted by atomic mass is 10.2. The van der Waals surface area contributed by atoms with Crippen LogP contribution in [0.15, 0.2) is 22.7 Å². The number of carbonyl (C=O) groups is 2. The van der Waals surface area contributed by atoms with E-state index < -0.39 is 5.97 Å². The number of carbonyl (C=O) groups excluding carboxylic acids is 1. The lowest BCUT2D eigenvalue weighted by Crippen LogP contribution is -2.14. The summed E-state index contributed by atoms with van der Waals surface area (Å²) in [4.78, 5) is 22.0. The van der Waals surface area contributed by atoms with Gasteiger partial charge < -0.3 is 10.4 Å². The van der Waals surface area contributed by atoms with Gasteiger partial charge in [-0.15, -0.1) is 0 Å². The van der Waals surface area contributed by atoms with Gasteiger partial charge in [-0.2, -0.15) is 11.8 Å². The lowest BCUT2D eigenvalue weighted by molar-refractivity contribution is -0.113. The number of aromatic carboxylic acids is 1. The first kappa shape index (κ1) is 13.1. The van der Waals surface area contributed by atoms with Crippen molar-refractivity contribution in [1.29, 1.82) is 0 Å². The number of amides is 1. The summed E-state index contributed by atoms with van der Waals surface area (Å²) in [6, 6.07) is 4.46. The minimum atomic E-state index is -0.998. The quantitative estimate of drug-likeness (QED) is 0.896. The van der Waals surface area contributed by atoms with Gasteiger partial charge in [-0.1, -0.05) is 0 Å². The smallest absolute Gasteiger partial charge is 0.335 e. The van der Waals surface area contributed by atoms with Crippen molar-refractivity contribution in [3.05, 3.63) is 28.2 Å². The molecule has 0 aliphatic heterocycles. The van der Waals surface area contributed by atoms with E-state index in [0.717, 1.165) is 0 Å². The average Bonchev–Trinajstić information content (AvgIpc) is 2.21. The lowest BCUT2D eigenvalue weighted by Gasteiger charge is -2.07. The second-order valence-corrected chi connectivity index (χ2v) is 4.70.